The average Bonchev–Trinajstić information content (AvgIpc) is 3.28. The Morgan fingerprint density at radius 2 is 1.65 bits per heavy atom. The number of carbonyl (C=O) groups excluding carboxylic acids is 1. The van der Waals surface area contributed by atoms with Gasteiger partial charge in [-0.05, 0) is 36.4 Å². The Balaban J connectivity index is 1.29. The van der Waals surface area contributed by atoms with Gasteiger partial charge in [-0.25, -0.2) is 0 Å². The maximum Gasteiger partial charge on any atom is 0.254 e. The summed E-state index contributed by atoms with van der Waals surface area (Å²) in [4.78, 5) is 17.3. The molecule has 0 N–H and O–H groups in total. The number of pyridine rings is 1. The maximum absolute atomic E-state index is 13.1. The van der Waals surface area contributed by atoms with Gasteiger partial charge in [-0.2, -0.15) is 0 Å². The summed E-state index contributed by atoms with van der Waals surface area (Å²) in [6.07, 6.45) is 1.87. The lowest BCUT2D eigenvalue weighted by Crippen LogP contribution is -2.48. The first-order valence-electron chi connectivity index (χ1n) is 10.3. The molecule has 7 heteroatoms. The number of hydrogen-bond donors (Lipinski definition) is 0. The van der Waals surface area contributed by atoms with Gasteiger partial charge in [0.15, 0.2) is 11.5 Å². The van der Waals surface area contributed by atoms with Crippen molar-refractivity contribution < 1.29 is 9.53 Å². The molecule has 1 aliphatic heterocycles. The first-order chi connectivity index (χ1) is 15.2. The summed E-state index contributed by atoms with van der Waals surface area (Å²) >= 11 is 0. The Bertz CT molecular complexity index is 1200. The van der Waals surface area contributed by atoms with Gasteiger partial charge in [0.2, 0.25) is 0 Å². The monoisotopic (exact) mass is 413 g/mol. The van der Waals surface area contributed by atoms with Crippen LogP contribution in [0.3, 0.4) is 0 Å². The van der Waals surface area contributed by atoms with Gasteiger partial charge >= 0.3 is 0 Å². The third kappa shape index (κ3) is 3.70. The normalized spacial score (nSPS) is 14.1. The molecule has 0 spiro atoms. The van der Waals surface area contributed by atoms with E-state index in [1.807, 2.05) is 70.1 Å². The number of nitrogens with zero attached hydrogens (tertiary/aromatic N) is 5. The van der Waals surface area contributed by atoms with Crippen LogP contribution in [0.5, 0.6) is 5.75 Å². The van der Waals surface area contributed by atoms with E-state index in [1.54, 1.807) is 7.11 Å². The first kappa shape index (κ1) is 19.1. The van der Waals surface area contributed by atoms with E-state index >= 15 is 0 Å². The Labute approximate surface area is 180 Å². The number of methoxy groups -OCH3 is 1. The molecule has 1 amide bonds. The number of aromatic nitrogens is 3. The van der Waals surface area contributed by atoms with Gasteiger partial charge in [0.25, 0.3) is 5.91 Å². The van der Waals surface area contributed by atoms with E-state index in [0.717, 1.165) is 35.9 Å². The van der Waals surface area contributed by atoms with Crippen LogP contribution in [0.4, 0.5) is 5.69 Å². The lowest BCUT2D eigenvalue weighted by molar-refractivity contribution is 0.0747. The molecule has 0 radical (unpaired) electrons. The van der Waals surface area contributed by atoms with Crippen LogP contribution in [0.1, 0.15) is 10.4 Å². The molecule has 1 fully saturated rings. The average molecular weight is 413 g/mol. The summed E-state index contributed by atoms with van der Waals surface area (Å²) < 4.78 is 7.14. The van der Waals surface area contributed by atoms with Crippen molar-refractivity contribution in [2.24, 2.45) is 0 Å². The zero-order valence-corrected chi connectivity index (χ0v) is 17.3. The highest BCUT2D eigenvalue weighted by Gasteiger charge is 2.23. The number of amides is 1. The highest BCUT2D eigenvalue weighted by molar-refractivity contribution is 5.95. The van der Waals surface area contributed by atoms with Crippen molar-refractivity contribution in [2.75, 3.05) is 38.2 Å². The number of ether oxygens (including phenoxy) is 1. The Morgan fingerprint density at radius 3 is 2.35 bits per heavy atom. The quantitative estimate of drug-likeness (QED) is 0.513. The second-order valence-electron chi connectivity index (χ2n) is 7.51. The van der Waals surface area contributed by atoms with Crippen LogP contribution in [0, 0.1) is 0 Å². The van der Waals surface area contributed by atoms with Crippen LogP contribution in [0.15, 0.2) is 72.9 Å². The fourth-order valence-electron chi connectivity index (χ4n) is 3.95. The molecule has 156 valence electrons. The van der Waals surface area contributed by atoms with Gasteiger partial charge in [-0.1, -0.05) is 30.3 Å². The highest BCUT2D eigenvalue weighted by atomic mass is 16.5. The SMILES string of the molecule is COc1ccc(N2CCN(C(=O)c3ccn4c(-c5ccccc5)nnc4c3)CC2)cc1. The van der Waals surface area contributed by atoms with E-state index in [2.05, 4.69) is 27.2 Å². The largest absolute Gasteiger partial charge is 0.497 e. The minimum atomic E-state index is 0.0288. The molecule has 0 saturated carbocycles. The Kier molecular flexibility index (Phi) is 5.00. The number of benzene rings is 2. The Morgan fingerprint density at radius 1 is 0.903 bits per heavy atom. The zero-order valence-electron chi connectivity index (χ0n) is 17.3. The van der Waals surface area contributed by atoms with Crippen LogP contribution >= 0.6 is 0 Å². The third-order valence-electron chi connectivity index (χ3n) is 5.69. The molecule has 3 heterocycles. The van der Waals surface area contributed by atoms with Crippen molar-refractivity contribution in [3.05, 3.63) is 78.5 Å². The fraction of sp³-hybridized carbons (Fsp3) is 0.208. The predicted molar refractivity (Wildman–Crippen MR) is 120 cm³/mol. The number of fused-ring (bicyclic) bond motifs is 1. The summed E-state index contributed by atoms with van der Waals surface area (Å²) in [6.45, 7) is 2.95. The van der Waals surface area contributed by atoms with Crippen molar-refractivity contribution in [1.29, 1.82) is 0 Å². The summed E-state index contributed by atoms with van der Waals surface area (Å²) in [7, 11) is 1.67. The van der Waals surface area contributed by atoms with E-state index < -0.39 is 0 Å². The highest BCUT2D eigenvalue weighted by Crippen LogP contribution is 2.22. The molecule has 1 aliphatic rings. The topological polar surface area (TPSA) is 63.0 Å². The molecule has 31 heavy (non-hydrogen) atoms. The fourth-order valence-corrected chi connectivity index (χ4v) is 3.95. The minimum Gasteiger partial charge on any atom is -0.497 e. The van der Waals surface area contributed by atoms with Crippen molar-refractivity contribution >= 4 is 17.2 Å². The van der Waals surface area contributed by atoms with Gasteiger partial charge in [-0.3, -0.25) is 9.20 Å². The van der Waals surface area contributed by atoms with E-state index in [1.165, 1.54) is 0 Å². The molecule has 2 aromatic heterocycles. The van der Waals surface area contributed by atoms with E-state index in [4.69, 9.17) is 4.74 Å². The summed E-state index contributed by atoms with van der Waals surface area (Å²) in [5.74, 6) is 1.64. The van der Waals surface area contributed by atoms with Crippen LogP contribution in [0.25, 0.3) is 17.0 Å². The van der Waals surface area contributed by atoms with E-state index in [9.17, 15) is 4.79 Å². The van der Waals surface area contributed by atoms with E-state index in [0.29, 0.717) is 24.3 Å². The summed E-state index contributed by atoms with van der Waals surface area (Å²) in [5, 5.41) is 8.58. The Hall–Kier alpha value is -3.87. The minimum absolute atomic E-state index is 0.0288. The van der Waals surface area contributed by atoms with Crippen molar-refractivity contribution in [1.82, 2.24) is 19.5 Å². The molecule has 1 saturated heterocycles. The molecular weight excluding hydrogens is 390 g/mol. The number of carbonyl (C=O) groups is 1. The summed E-state index contributed by atoms with van der Waals surface area (Å²) in [5.41, 5.74) is 3.44. The smallest absolute Gasteiger partial charge is 0.254 e. The van der Waals surface area contributed by atoms with Gasteiger partial charge in [0.05, 0.1) is 7.11 Å². The molecule has 0 aliphatic carbocycles. The third-order valence-corrected chi connectivity index (χ3v) is 5.69. The molecule has 0 atom stereocenters. The second-order valence-corrected chi connectivity index (χ2v) is 7.51. The van der Waals surface area contributed by atoms with Crippen molar-refractivity contribution in [3.63, 3.8) is 0 Å². The lowest BCUT2D eigenvalue weighted by Gasteiger charge is -2.36. The van der Waals surface area contributed by atoms with Gasteiger partial charge in [0.1, 0.15) is 5.75 Å². The standard InChI is InChI=1S/C24H23N5O2/c1-31-21-9-7-20(8-10-21)27-13-15-28(16-14-27)24(30)19-11-12-29-22(17-19)25-26-23(29)18-5-3-2-4-6-18/h2-12,17H,13-16H2,1H3. The predicted octanol–water partition coefficient (Wildman–Crippen LogP) is 3.37. The molecule has 5 rings (SSSR count). The van der Waals surface area contributed by atoms with Gasteiger partial charge in [0, 0.05) is 49.2 Å². The van der Waals surface area contributed by atoms with Crippen LogP contribution in [-0.4, -0.2) is 58.7 Å². The number of anilines is 1. The number of rotatable bonds is 4. The van der Waals surface area contributed by atoms with Gasteiger partial charge in [-0.15, -0.1) is 10.2 Å². The number of hydrogen-bond acceptors (Lipinski definition) is 5. The van der Waals surface area contributed by atoms with Crippen molar-refractivity contribution in [3.8, 4) is 17.1 Å². The van der Waals surface area contributed by atoms with Gasteiger partial charge < -0.3 is 14.5 Å². The molecule has 0 unspecified atom stereocenters. The molecule has 2 aromatic carbocycles. The zero-order chi connectivity index (χ0) is 21.2. The van der Waals surface area contributed by atoms with Crippen LogP contribution in [-0.2, 0) is 0 Å². The molecule has 7 nitrogen and oxygen atoms in total. The molecule has 4 aromatic rings. The van der Waals surface area contributed by atoms with E-state index in [-0.39, 0.29) is 5.91 Å². The number of piperazine rings is 1. The van der Waals surface area contributed by atoms with Crippen LogP contribution in [0.2, 0.25) is 0 Å². The first-order valence-corrected chi connectivity index (χ1v) is 10.3. The second kappa shape index (κ2) is 8.10. The lowest BCUT2D eigenvalue weighted by atomic mass is 10.2. The molecular formula is C24H23N5O2. The maximum atomic E-state index is 13.1. The van der Waals surface area contributed by atoms with Crippen molar-refractivity contribution in [2.45, 2.75) is 0 Å². The summed E-state index contributed by atoms with van der Waals surface area (Å²) in [6, 6.07) is 21.6. The molecule has 0 bridgehead atoms. The van der Waals surface area contributed by atoms with Crippen LogP contribution < -0.4 is 9.64 Å².